The molecule has 36 heavy (non-hydrogen) atoms. The topological polar surface area (TPSA) is 52.8 Å². The van der Waals surface area contributed by atoms with Crippen molar-refractivity contribution in [1.29, 1.82) is 0 Å². The molecule has 5 nitrogen and oxygen atoms in total. The Kier molecular flexibility index (Phi) is 5.90. The van der Waals surface area contributed by atoms with Crippen LogP contribution in [0.25, 0.3) is 11.8 Å². The van der Waals surface area contributed by atoms with Crippen molar-refractivity contribution in [3.63, 3.8) is 0 Å². The van der Waals surface area contributed by atoms with Crippen LogP contribution >= 0.6 is 27.3 Å². The van der Waals surface area contributed by atoms with Gasteiger partial charge in [0.2, 0.25) is 0 Å². The second kappa shape index (κ2) is 9.22. The molecule has 6 rings (SSSR count). The summed E-state index contributed by atoms with van der Waals surface area (Å²) in [6.45, 7) is 0. The number of allylic oxidation sites excluding steroid dienone is 1. The smallest absolute Gasteiger partial charge is 0.271 e. The Morgan fingerprint density at radius 2 is 1.78 bits per heavy atom. The Morgan fingerprint density at radius 3 is 2.58 bits per heavy atom. The summed E-state index contributed by atoms with van der Waals surface area (Å²) < 4.78 is 14.4. The molecule has 0 amide bonds. The Morgan fingerprint density at radius 1 is 1.00 bits per heavy atom. The summed E-state index contributed by atoms with van der Waals surface area (Å²) >= 11 is 4.97. The molecule has 1 atom stereocenters. The van der Waals surface area contributed by atoms with Crippen LogP contribution in [0, 0.1) is 0 Å². The van der Waals surface area contributed by atoms with Crippen LogP contribution in [0.1, 0.15) is 34.7 Å². The van der Waals surface area contributed by atoms with Gasteiger partial charge in [0.1, 0.15) is 11.5 Å². The maximum atomic E-state index is 13.9. The van der Waals surface area contributed by atoms with Crippen LogP contribution in [0.4, 0.5) is 0 Å². The number of benzene rings is 3. The maximum Gasteiger partial charge on any atom is 0.271 e. The third kappa shape index (κ3) is 3.74. The van der Waals surface area contributed by atoms with E-state index in [0.29, 0.717) is 9.33 Å². The van der Waals surface area contributed by atoms with Crippen molar-refractivity contribution < 1.29 is 9.47 Å². The van der Waals surface area contributed by atoms with E-state index in [2.05, 4.69) is 46.3 Å². The van der Waals surface area contributed by atoms with Crippen molar-refractivity contribution in [2.24, 2.45) is 4.99 Å². The first-order valence-corrected chi connectivity index (χ1v) is 13.3. The monoisotopic (exact) mass is 558 g/mol. The number of ether oxygens (including phenoxy) is 2. The first-order chi connectivity index (χ1) is 17.6. The lowest BCUT2D eigenvalue weighted by molar-refractivity contribution is 0.402. The van der Waals surface area contributed by atoms with E-state index in [4.69, 9.17) is 14.5 Å². The number of nitrogens with zero attached hydrogens (tertiary/aromatic N) is 2. The zero-order valence-electron chi connectivity index (χ0n) is 19.8. The number of para-hydroxylation sites is 1. The summed E-state index contributed by atoms with van der Waals surface area (Å²) in [5.74, 6) is 1.51. The highest BCUT2D eigenvalue weighted by molar-refractivity contribution is 9.10. The van der Waals surface area contributed by atoms with Crippen LogP contribution in [-0.4, -0.2) is 18.8 Å². The van der Waals surface area contributed by atoms with Gasteiger partial charge in [0.25, 0.3) is 5.56 Å². The zero-order valence-corrected chi connectivity index (χ0v) is 22.2. The minimum atomic E-state index is -0.273. The lowest BCUT2D eigenvalue weighted by atomic mass is 9.83. The zero-order chi connectivity index (χ0) is 24.8. The quantitative estimate of drug-likeness (QED) is 0.350. The number of aryl methyl sites for hydroxylation is 1. The molecule has 3 aromatic carbocycles. The molecule has 2 heterocycles. The number of rotatable bonds is 4. The average Bonchev–Trinajstić information content (AvgIpc) is 3.21. The standard InChI is InChI=1S/C29H23BrN2O3S/c1-34-23-10-6-5-9-20(23)27-21-13-12-18-7-3-4-8-19(18)26(21)31-29-32(27)28(33)25(36-29)16-17-11-14-24(35-2)22(30)15-17/h3-11,14-16,27H,12-13H2,1-2H3/b25-16-/t27-/m0/s1. The van der Waals surface area contributed by atoms with Gasteiger partial charge in [-0.3, -0.25) is 9.36 Å². The van der Waals surface area contributed by atoms with Crippen LogP contribution in [0.15, 0.2) is 86.6 Å². The molecule has 4 aromatic rings. The van der Waals surface area contributed by atoms with Gasteiger partial charge in [-0.25, -0.2) is 4.99 Å². The van der Waals surface area contributed by atoms with Gasteiger partial charge in [0, 0.05) is 11.1 Å². The number of hydrogen-bond acceptors (Lipinski definition) is 5. The van der Waals surface area contributed by atoms with Gasteiger partial charge in [-0.2, -0.15) is 0 Å². The predicted octanol–water partition coefficient (Wildman–Crippen LogP) is 5.10. The predicted molar refractivity (Wildman–Crippen MR) is 146 cm³/mol. The Bertz CT molecular complexity index is 1720. The Labute approximate surface area is 220 Å². The van der Waals surface area contributed by atoms with Gasteiger partial charge in [-0.05, 0) is 69.7 Å². The van der Waals surface area contributed by atoms with Crippen LogP contribution in [-0.2, 0) is 6.42 Å². The molecule has 0 saturated carbocycles. The fourth-order valence-electron chi connectivity index (χ4n) is 5.12. The molecule has 0 spiro atoms. The van der Waals surface area contributed by atoms with Crippen molar-refractivity contribution in [3.8, 4) is 11.5 Å². The van der Waals surface area contributed by atoms with Crippen LogP contribution in [0.5, 0.6) is 11.5 Å². The molecule has 0 N–H and O–H groups in total. The number of thiazole rings is 1. The van der Waals surface area contributed by atoms with Gasteiger partial charge >= 0.3 is 0 Å². The molecule has 7 heteroatoms. The summed E-state index contributed by atoms with van der Waals surface area (Å²) in [4.78, 5) is 19.7. The highest BCUT2D eigenvalue weighted by atomic mass is 79.9. The normalized spacial score (nSPS) is 16.6. The number of hydrogen-bond donors (Lipinski definition) is 0. The molecule has 0 bridgehead atoms. The first kappa shape index (κ1) is 23.0. The van der Waals surface area contributed by atoms with E-state index in [1.807, 2.05) is 47.0 Å². The van der Waals surface area contributed by atoms with E-state index in [9.17, 15) is 4.79 Å². The fraction of sp³-hybridized carbons (Fsp3) is 0.172. The molecule has 0 unspecified atom stereocenters. The van der Waals surface area contributed by atoms with Crippen LogP contribution < -0.4 is 24.4 Å². The summed E-state index contributed by atoms with van der Waals surface area (Å²) in [7, 11) is 3.31. The number of methoxy groups -OCH3 is 2. The molecule has 2 aliphatic rings. The summed E-state index contributed by atoms with van der Waals surface area (Å²) in [6, 6.07) is 21.9. The molecule has 1 aliphatic heterocycles. The summed E-state index contributed by atoms with van der Waals surface area (Å²) in [5, 5.41) is 0. The SMILES string of the molecule is COc1ccc(/C=c2\sc3n(c2=O)[C@@H](c2ccccc2OC)C2=C(N=3)c3ccccc3CC2)cc1Br. The van der Waals surface area contributed by atoms with E-state index in [1.54, 1.807) is 14.2 Å². The van der Waals surface area contributed by atoms with Gasteiger partial charge in [0.15, 0.2) is 4.80 Å². The minimum absolute atomic E-state index is 0.0491. The molecule has 1 aromatic heterocycles. The lowest BCUT2D eigenvalue weighted by Crippen LogP contribution is -2.39. The second-order valence-electron chi connectivity index (χ2n) is 8.75. The van der Waals surface area contributed by atoms with E-state index < -0.39 is 0 Å². The summed E-state index contributed by atoms with van der Waals surface area (Å²) in [5.41, 5.74) is 6.41. The Balaban J connectivity index is 1.62. The van der Waals surface area contributed by atoms with Crippen molar-refractivity contribution in [3.05, 3.63) is 119 Å². The highest BCUT2D eigenvalue weighted by Crippen LogP contribution is 2.43. The van der Waals surface area contributed by atoms with E-state index in [0.717, 1.165) is 56.8 Å². The second-order valence-corrected chi connectivity index (χ2v) is 10.6. The third-order valence-corrected chi connectivity index (χ3v) is 8.38. The molecule has 0 radical (unpaired) electrons. The number of fused-ring (bicyclic) bond motifs is 3. The highest BCUT2D eigenvalue weighted by Gasteiger charge is 2.33. The third-order valence-electron chi connectivity index (χ3n) is 6.78. The molecular weight excluding hydrogens is 536 g/mol. The molecule has 180 valence electrons. The molecule has 0 fully saturated rings. The molecular formula is C29H23BrN2O3S. The summed E-state index contributed by atoms with van der Waals surface area (Å²) in [6.07, 6.45) is 3.68. The van der Waals surface area contributed by atoms with E-state index in [1.165, 1.54) is 16.9 Å². The largest absolute Gasteiger partial charge is 0.496 e. The minimum Gasteiger partial charge on any atom is -0.496 e. The van der Waals surface area contributed by atoms with Gasteiger partial charge in [0.05, 0.1) is 35.0 Å². The van der Waals surface area contributed by atoms with E-state index in [-0.39, 0.29) is 11.6 Å². The van der Waals surface area contributed by atoms with Crippen LogP contribution in [0.2, 0.25) is 0 Å². The number of halogens is 1. The van der Waals surface area contributed by atoms with Crippen molar-refractivity contribution in [2.45, 2.75) is 18.9 Å². The van der Waals surface area contributed by atoms with Crippen molar-refractivity contribution in [2.75, 3.05) is 14.2 Å². The van der Waals surface area contributed by atoms with Crippen LogP contribution in [0.3, 0.4) is 0 Å². The average molecular weight is 559 g/mol. The first-order valence-electron chi connectivity index (χ1n) is 11.7. The molecule has 1 aliphatic carbocycles. The van der Waals surface area contributed by atoms with Crippen molar-refractivity contribution >= 4 is 39.0 Å². The number of aromatic nitrogens is 1. The maximum absolute atomic E-state index is 13.9. The Hall–Kier alpha value is -3.42. The fourth-order valence-corrected chi connectivity index (χ4v) is 6.67. The van der Waals surface area contributed by atoms with E-state index >= 15 is 0 Å². The van der Waals surface area contributed by atoms with Crippen molar-refractivity contribution in [1.82, 2.24) is 4.57 Å². The molecule has 0 saturated heterocycles. The van der Waals surface area contributed by atoms with Gasteiger partial charge in [-0.1, -0.05) is 59.9 Å². The van der Waals surface area contributed by atoms with Gasteiger partial charge in [-0.15, -0.1) is 0 Å². The van der Waals surface area contributed by atoms with Gasteiger partial charge < -0.3 is 9.47 Å². The lowest BCUT2D eigenvalue weighted by Gasteiger charge is -2.31.